The molecular weight excluding hydrogens is 306 g/mol. The van der Waals surface area contributed by atoms with Gasteiger partial charge in [0.05, 0.1) is 6.61 Å². The zero-order valence-electron chi connectivity index (χ0n) is 15.0. The molecule has 0 aromatic rings. The van der Waals surface area contributed by atoms with Crippen molar-refractivity contribution in [2.45, 2.75) is 50.5 Å². The zero-order chi connectivity index (χ0) is 17.0. The molecule has 1 spiro atoms. The number of hydrogen-bond acceptors (Lipinski definition) is 4. The Kier molecular flexibility index (Phi) is 5.76. The topological polar surface area (TPSA) is 53.1 Å². The Morgan fingerprint density at radius 2 is 1.88 bits per heavy atom. The Balaban J connectivity index is 1.64. The van der Waals surface area contributed by atoms with Gasteiger partial charge in [0.15, 0.2) is 0 Å². The normalized spacial score (nSPS) is 28.8. The van der Waals surface area contributed by atoms with Gasteiger partial charge in [-0.15, -0.1) is 0 Å². The van der Waals surface area contributed by atoms with Crippen molar-refractivity contribution in [3.05, 3.63) is 0 Å². The van der Waals surface area contributed by atoms with Gasteiger partial charge < -0.3 is 19.4 Å². The summed E-state index contributed by atoms with van der Waals surface area (Å²) in [5.74, 6) is 0.315. The van der Waals surface area contributed by atoms with Crippen LogP contribution in [0.15, 0.2) is 0 Å². The molecule has 0 bridgehead atoms. The number of amides is 2. The lowest BCUT2D eigenvalue weighted by atomic mass is 9.87. The molecule has 3 rings (SSSR count). The van der Waals surface area contributed by atoms with Gasteiger partial charge in [0, 0.05) is 45.2 Å². The number of nitrogens with zero attached hydrogens (tertiary/aromatic N) is 3. The van der Waals surface area contributed by atoms with E-state index in [4.69, 9.17) is 4.74 Å². The van der Waals surface area contributed by atoms with Crippen LogP contribution in [0.2, 0.25) is 0 Å². The van der Waals surface area contributed by atoms with Crippen molar-refractivity contribution < 1.29 is 14.3 Å². The van der Waals surface area contributed by atoms with E-state index < -0.39 is 0 Å². The van der Waals surface area contributed by atoms with E-state index in [0.29, 0.717) is 6.42 Å². The van der Waals surface area contributed by atoms with Gasteiger partial charge in [0.2, 0.25) is 11.8 Å². The molecule has 136 valence electrons. The van der Waals surface area contributed by atoms with Crippen molar-refractivity contribution >= 4 is 11.8 Å². The van der Waals surface area contributed by atoms with Crippen molar-refractivity contribution in [1.29, 1.82) is 0 Å². The summed E-state index contributed by atoms with van der Waals surface area (Å²) in [4.78, 5) is 31.4. The third-order valence-electron chi connectivity index (χ3n) is 6.05. The first-order chi connectivity index (χ1) is 11.6. The quantitative estimate of drug-likeness (QED) is 0.754. The van der Waals surface area contributed by atoms with Gasteiger partial charge >= 0.3 is 0 Å². The van der Waals surface area contributed by atoms with Crippen molar-refractivity contribution in [2.75, 3.05) is 53.0 Å². The second-order valence-electron chi connectivity index (χ2n) is 7.48. The molecule has 3 saturated heterocycles. The number of hydrogen-bond donors (Lipinski definition) is 0. The fourth-order valence-electron chi connectivity index (χ4n) is 4.53. The van der Waals surface area contributed by atoms with E-state index >= 15 is 0 Å². The van der Waals surface area contributed by atoms with Gasteiger partial charge in [0.1, 0.15) is 6.54 Å². The fraction of sp³-hybridized carbons (Fsp3) is 0.889. The molecule has 3 heterocycles. The zero-order valence-corrected chi connectivity index (χ0v) is 15.0. The predicted octanol–water partition coefficient (Wildman–Crippen LogP) is 1.10. The molecule has 0 N–H and O–H groups in total. The summed E-state index contributed by atoms with van der Waals surface area (Å²) in [6.07, 6.45) is 6.80. The van der Waals surface area contributed by atoms with Crippen LogP contribution in [0.3, 0.4) is 0 Å². The Bertz CT molecular complexity index is 464. The van der Waals surface area contributed by atoms with Gasteiger partial charge in [-0.1, -0.05) is 0 Å². The second-order valence-corrected chi connectivity index (χ2v) is 7.48. The highest BCUT2D eigenvalue weighted by Gasteiger charge is 2.46. The van der Waals surface area contributed by atoms with E-state index in [0.717, 1.165) is 77.9 Å². The van der Waals surface area contributed by atoms with E-state index in [1.807, 2.05) is 9.80 Å². The van der Waals surface area contributed by atoms with Crippen LogP contribution in [0.4, 0.5) is 0 Å². The molecule has 6 heteroatoms. The summed E-state index contributed by atoms with van der Waals surface area (Å²) in [5.41, 5.74) is -0.0890. The molecule has 0 aromatic carbocycles. The first-order valence-corrected chi connectivity index (χ1v) is 9.44. The van der Waals surface area contributed by atoms with Gasteiger partial charge in [-0.25, -0.2) is 0 Å². The maximum atomic E-state index is 12.6. The van der Waals surface area contributed by atoms with Crippen LogP contribution in [0, 0.1) is 0 Å². The van der Waals surface area contributed by atoms with Gasteiger partial charge in [-0.2, -0.15) is 0 Å². The summed E-state index contributed by atoms with van der Waals surface area (Å²) in [6, 6.07) is 0. The Morgan fingerprint density at radius 1 is 1.08 bits per heavy atom. The van der Waals surface area contributed by atoms with Crippen LogP contribution in [0.5, 0.6) is 0 Å². The number of carbonyl (C=O) groups excluding carboxylic acids is 2. The average Bonchev–Trinajstić information content (AvgIpc) is 3.15. The van der Waals surface area contributed by atoms with Gasteiger partial charge in [0.25, 0.3) is 0 Å². The van der Waals surface area contributed by atoms with E-state index in [1.165, 1.54) is 0 Å². The Labute approximate surface area is 145 Å². The molecule has 0 saturated carbocycles. The number of carbonyl (C=O) groups is 2. The smallest absolute Gasteiger partial charge is 0.242 e. The molecule has 3 aliphatic rings. The highest BCUT2D eigenvalue weighted by molar-refractivity contribution is 5.87. The average molecular weight is 337 g/mol. The molecule has 0 unspecified atom stereocenters. The van der Waals surface area contributed by atoms with Crippen LogP contribution in [0.1, 0.15) is 44.9 Å². The number of ether oxygens (including phenoxy) is 1. The standard InChI is InChI=1S/C18H31N3O3/c1-24-14-13-19-9-4-6-18(8-12-19)7-5-16(22)21(18)15-17(23)20-10-2-3-11-20/h2-15H2,1H3/t18-/m0/s1. The van der Waals surface area contributed by atoms with E-state index in [2.05, 4.69) is 4.90 Å². The third kappa shape index (κ3) is 3.75. The number of rotatable bonds is 5. The maximum Gasteiger partial charge on any atom is 0.242 e. The van der Waals surface area contributed by atoms with Crippen molar-refractivity contribution in [3.63, 3.8) is 0 Å². The second kappa shape index (κ2) is 7.83. The van der Waals surface area contributed by atoms with Crippen molar-refractivity contribution in [3.8, 4) is 0 Å². The SMILES string of the molecule is COCCN1CCC[C@]2(CCC(=O)N2CC(=O)N2CCCC2)CC1. The molecular formula is C18H31N3O3. The molecule has 6 nitrogen and oxygen atoms in total. The molecule has 3 fully saturated rings. The van der Waals surface area contributed by atoms with Crippen molar-refractivity contribution in [1.82, 2.24) is 14.7 Å². The minimum absolute atomic E-state index is 0.0890. The largest absolute Gasteiger partial charge is 0.383 e. The molecule has 2 amide bonds. The molecule has 0 aliphatic carbocycles. The Hall–Kier alpha value is -1.14. The highest BCUT2D eigenvalue weighted by atomic mass is 16.5. The van der Waals surface area contributed by atoms with E-state index in [1.54, 1.807) is 7.11 Å². The minimum Gasteiger partial charge on any atom is -0.383 e. The van der Waals surface area contributed by atoms with E-state index in [9.17, 15) is 9.59 Å². The molecule has 0 aromatic heterocycles. The lowest BCUT2D eigenvalue weighted by Crippen LogP contribution is -2.51. The summed E-state index contributed by atoms with van der Waals surface area (Å²) >= 11 is 0. The molecule has 24 heavy (non-hydrogen) atoms. The molecule has 1 atom stereocenters. The van der Waals surface area contributed by atoms with E-state index in [-0.39, 0.29) is 23.9 Å². The lowest BCUT2D eigenvalue weighted by molar-refractivity contribution is -0.141. The third-order valence-corrected chi connectivity index (χ3v) is 6.05. The van der Waals surface area contributed by atoms with Crippen LogP contribution < -0.4 is 0 Å². The van der Waals surface area contributed by atoms with Crippen LogP contribution in [0.25, 0.3) is 0 Å². The van der Waals surface area contributed by atoms with Crippen molar-refractivity contribution in [2.24, 2.45) is 0 Å². The summed E-state index contributed by atoms with van der Waals surface area (Å²) < 4.78 is 5.19. The Morgan fingerprint density at radius 3 is 2.62 bits per heavy atom. The highest BCUT2D eigenvalue weighted by Crippen LogP contribution is 2.39. The van der Waals surface area contributed by atoms with Crippen LogP contribution in [-0.4, -0.2) is 85.0 Å². The lowest BCUT2D eigenvalue weighted by Gasteiger charge is -2.38. The van der Waals surface area contributed by atoms with Gasteiger partial charge in [-0.3, -0.25) is 9.59 Å². The summed E-state index contributed by atoms with van der Waals surface area (Å²) in [6.45, 7) is 5.77. The summed E-state index contributed by atoms with van der Waals surface area (Å²) in [7, 11) is 1.74. The van der Waals surface area contributed by atoms with Crippen LogP contribution >= 0.6 is 0 Å². The first kappa shape index (κ1) is 17.7. The number of methoxy groups -OCH3 is 1. The molecule has 0 radical (unpaired) electrons. The first-order valence-electron chi connectivity index (χ1n) is 9.44. The van der Waals surface area contributed by atoms with Crippen LogP contribution in [-0.2, 0) is 14.3 Å². The minimum atomic E-state index is -0.0890. The monoisotopic (exact) mass is 337 g/mol. The fourth-order valence-corrected chi connectivity index (χ4v) is 4.53. The maximum absolute atomic E-state index is 12.6. The predicted molar refractivity (Wildman–Crippen MR) is 91.7 cm³/mol. The van der Waals surface area contributed by atoms with Gasteiger partial charge in [-0.05, 0) is 45.1 Å². The number of likely N-dealkylation sites (tertiary alicyclic amines) is 3. The molecule has 3 aliphatic heterocycles. The summed E-state index contributed by atoms with van der Waals surface area (Å²) in [5, 5.41) is 0.